The monoisotopic (exact) mass is 387 g/mol. The Hall–Kier alpha value is -3.74. The molecule has 2 aromatic heterocycles. The van der Waals surface area contributed by atoms with E-state index in [2.05, 4.69) is 25.3 Å². The Bertz CT molecular complexity index is 1120. The average Bonchev–Trinajstić information content (AvgIpc) is 2.76. The molecule has 2 heterocycles. The minimum Gasteiger partial charge on any atom is -0.490 e. The van der Waals surface area contributed by atoms with Crippen molar-refractivity contribution in [2.24, 2.45) is 0 Å². The minimum atomic E-state index is 0.545. The molecule has 0 bridgehead atoms. The molecular formula is C22H21N5O2. The van der Waals surface area contributed by atoms with Crippen molar-refractivity contribution in [3.05, 3.63) is 61.3 Å². The van der Waals surface area contributed by atoms with Crippen LogP contribution in [0.15, 0.2) is 61.3 Å². The van der Waals surface area contributed by atoms with E-state index in [1.54, 1.807) is 12.5 Å². The molecule has 2 aromatic carbocycles. The summed E-state index contributed by atoms with van der Waals surface area (Å²) < 4.78 is 11.5. The molecule has 0 unspecified atom stereocenters. The number of benzene rings is 2. The van der Waals surface area contributed by atoms with Gasteiger partial charge >= 0.3 is 0 Å². The van der Waals surface area contributed by atoms with Crippen LogP contribution in [0.1, 0.15) is 13.8 Å². The standard InChI is InChI=1S/C22H21N5O2/c1-3-28-20-11-17-19(12-21(20)29-4-2)25-14-26-22(17)27-16-7-5-6-15(10-16)18-8-9-23-13-24-18/h5-14H,3-4H2,1-2H3,(H,25,26,27). The third-order valence-electron chi connectivity index (χ3n) is 4.30. The van der Waals surface area contributed by atoms with Crippen LogP contribution in [0.3, 0.4) is 0 Å². The molecule has 4 rings (SSSR count). The lowest BCUT2D eigenvalue weighted by atomic mass is 10.1. The van der Waals surface area contributed by atoms with E-state index in [0.29, 0.717) is 30.5 Å². The molecule has 146 valence electrons. The Morgan fingerprint density at radius 1 is 0.862 bits per heavy atom. The number of aromatic nitrogens is 4. The zero-order valence-electron chi connectivity index (χ0n) is 16.3. The van der Waals surface area contributed by atoms with E-state index in [4.69, 9.17) is 9.47 Å². The van der Waals surface area contributed by atoms with Crippen LogP contribution >= 0.6 is 0 Å². The highest BCUT2D eigenvalue weighted by Crippen LogP contribution is 2.35. The normalized spacial score (nSPS) is 10.7. The summed E-state index contributed by atoms with van der Waals surface area (Å²) >= 11 is 0. The summed E-state index contributed by atoms with van der Waals surface area (Å²) in [6.45, 7) is 4.98. The second kappa shape index (κ2) is 8.52. The van der Waals surface area contributed by atoms with Crippen LogP contribution in [0, 0.1) is 0 Å². The Labute approximate surface area is 168 Å². The maximum absolute atomic E-state index is 5.76. The maximum Gasteiger partial charge on any atom is 0.163 e. The molecule has 0 aliphatic rings. The van der Waals surface area contributed by atoms with Gasteiger partial charge in [0.1, 0.15) is 18.5 Å². The lowest BCUT2D eigenvalue weighted by Crippen LogP contribution is -2.01. The SMILES string of the molecule is CCOc1cc2ncnc(Nc3cccc(-c4ccncn4)c3)c2cc1OCC. The molecule has 0 amide bonds. The highest BCUT2D eigenvalue weighted by Gasteiger charge is 2.12. The van der Waals surface area contributed by atoms with Gasteiger partial charge in [0.25, 0.3) is 0 Å². The van der Waals surface area contributed by atoms with Gasteiger partial charge in [0.2, 0.25) is 0 Å². The number of nitrogens with one attached hydrogen (secondary N) is 1. The van der Waals surface area contributed by atoms with Gasteiger partial charge in [-0.05, 0) is 38.1 Å². The summed E-state index contributed by atoms with van der Waals surface area (Å²) in [6, 6.07) is 13.7. The van der Waals surface area contributed by atoms with Crippen molar-refractivity contribution in [2.75, 3.05) is 18.5 Å². The summed E-state index contributed by atoms with van der Waals surface area (Å²) in [6.07, 6.45) is 4.80. The number of hydrogen-bond donors (Lipinski definition) is 1. The number of ether oxygens (including phenoxy) is 2. The smallest absolute Gasteiger partial charge is 0.163 e. The molecule has 0 spiro atoms. The highest BCUT2D eigenvalue weighted by atomic mass is 16.5. The minimum absolute atomic E-state index is 0.545. The van der Waals surface area contributed by atoms with E-state index < -0.39 is 0 Å². The van der Waals surface area contributed by atoms with Crippen molar-refractivity contribution in [1.29, 1.82) is 0 Å². The van der Waals surface area contributed by atoms with Crippen molar-refractivity contribution in [2.45, 2.75) is 13.8 Å². The largest absolute Gasteiger partial charge is 0.490 e. The third kappa shape index (κ3) is 4.08. The van der Waals surface area contributed by atoms with Crippen molar-refractivity contribution >= 4 is 22.4 Å². The molecular weight excluding hydrogens is 366 g/mol. The predicted molar refractivity (Wildman–Crippen MR) is 113 cm³/mol. The van der Waals surface area contributed by atoms with E-state index in [9.17, 15) is 0 Å². The quantitative estimate of drug-likeness (QED) is 0.495. The molecule has 7 heteroatoms. The first-order chi connectivity index (χ1) is 14.3. The third-order valence-corrected chi connectivity index (χ3v) is 4.30. The Kier molecular flexibility index (Phi) is 5.47. The first-order valence-electron chi connectivity index (χ1n) is 9.46. The number of anilines is 2. The van der Waals surface area contributed by atoms with E-state index in [0.717, 1.165) is 27.8 Å². The first-order valence-corrected chi connectivity index (χ1v) is 9.46. The Balaban J connectivity index is 1.72. The summed E-state index contributed by atoms with van der Waals surface area (Å²) in [5, 5.41) is 4.24. The summed E-state index contributed by atoms with van der Waals surface area (Å²) in [7, 11) is 0. The van der Waals surface area contributed by atoms with Crippen LogP contribution in [0.2, 0.25) is 0 Å². The molecule has 4 aromatic rings. The molecule has 7 nitrogen and oxygen atoms in total. The lowest BCUT2D eigenvalue weighted by molar-refractivity contribution is 0.288. The van der Waals surface area contributed by atoms with E-state index in [1.165, 1.54) is 6.33 Å². The van der Waals surface area contributed by atoms with Gasteiger partial charge in [-0.2, -0.15) is 0 Å². The van der Waals surface area contributed by atoms with E-state index >= 15 is 0 Å². The molecule has 0 fully saturated rings. The Morgan fingerprint density at radius 2 is 1.69 bits per heavy atom. The zero-order chi connectivity index (χ0) is 20.1. The second-order valence-corrected chi connectivity index (χ2v) is 6.20. The predicted octanol–water partition coefficient (Wildman–Crippen LogP) is 4.63. The number of rotatable bonds is 7. The number of hydrogen-bond acceptors (Lipinski definition) is 7. The lowest BCUT2D eigenvalue weighted by Gasteiger charge is -2.14. The number of fused-ring (bicyclic) bond motifs is 1. The molecule has 0 saturated carbocycles. The van der Waals surface area contributed by atoms with E-state index in [-0.39, 0.29) is 0 Å². The van der Waals surface area contributed by atoms with Gasteiger partial charge in [-0.15, -0.1) is 0 Å². The number of nitrogens with zero attached hydrogens (tertiary/aromatic N) is 4. The molecule has 0 saturated heterocycles. The fourth-order valence-electron chi connectivity index (χ4n) is 3.05. The van der Waals surface area contributed by atoms with Crippen LogP contribution in [0.5, 0.6) is 11.5 Å². The van der Waals surface area contributed by atoms with E-state index in [1.807, 2.05) is 56.3 Å². The summed E-state index contributed by atoms with van der Waals surface area (Å²) in [5.41, 5.74) is 3.52. The van der Waals surface area contributed by atoms with Crippen molar-refractivity contribution in [3.8, 4) is 22.8 Å². The van der Waals surface area contributed by atoms with Crippen LogP contribution in [0.25, 0.3) is 22.2 Å². The van der Waals surface area contributed by atoms with Gasteiger partial charge in [-0.25, -0.2) is 19.9 Å². The van der Waals surface area contributed by atoms with Gasteiger partial charge in [0.15, 0.2) is 11.5 Å². The molecule has 0 atom stereocenters. The Morgan fingerprint density at radius 3 is 2.45 bits per heavy atom. The summed E-state index contributed by atoms with van der Waals surface area (Å²) in [4.78, 5) is 17.1. The topological polar surface area (TPSA) is 82.1 Å². The molecule has 1 N–H and O–H groups in total. The van der Waals surface area contributed by atoms with Crippen LogP contribution in [-0.4, -0.2) is 33.1 Å². The second-order valence-electron chi connectivity index (χ2n) is 6.20. The van der Waals surface area contributed by atoms with Gasteiger partial charge in [-0.3, -0.25) is 0 Å². The van der Waals surface area contributed by atoms with Crippen molar-refractivity contribution < 1.29 is 9.47 Å². The first kappa shape index (κ1) is 18.6. The highest BCUT2D eigenvalue weighted by molar-refractivity contribution is 5.93. The van der Waals surface area contributed by atoms with Crippen LogP contribution in [-0.2, 0) is 0 Å². The molecule has 0 aliphatic carbocycles. The van der Waals surface area contributed by atoms with Crippen LogP contribution < -0.4 is 14.8 Å². The fourth-order valence-corrected chi connectivity index (χ4v) is 3.05. The molecule has 0 radical (unpaired) electrons. The fraction of sp³-hybridized carbons (Fsp3) is 0.182. The van der Waals surface area contributed by atoms with Gasteiger partial charge < -0.3 is 14.8 Å². The van der Waals surface area contributed by atoms with Gasteiger partial charge in [0.05, 0.1) is 24.4 Å². The average molecular weight is 387 g/mol. The van der Waals surface area contributed by atoms with Crippen molar-refractivity contribution in [3.63, 3.8) is 0 Å². The van der Waals surface area contributed by atoms with Crippen LogP contribution in [0.4, 0.5) is 11.5 Å². The zero-order valence-corrected chi connectivity index (χ0v) is 16.3. The van der Waals surface area contributed by atoms with Crippen molar-refractivity contribution in [1.82, 2.24) is 19.9 Å². The molecule has 29 heavy (non-hydrogen) atoms. The van der Waals surface area contributed by atoms with Gasteiger partial charge in [-0.1, -0.05) is 12.1 Å². The maximum atomic E-state index is 5.76. The van der Waals surface area contributed by atoms with Gasteiger partial charge in [0, 0.05) is 28.9 Å². The summed E-state index contributed by atoms with van der Waals surface area (Å²) in [5.74, 6) is 2.05. The molecule has 0 aliphatic heterocycles.